The van der Waals surface area contributed by atoms with Crippen molar-refractivity contribution in [2.24, 2.45) is 11.5 Å². The molecule has 0 saturated heterocycles. The van der Waals surface area contributed by atoms with Crippen LogP contribution in [0.25, 0.3) is 0 Å². The number of carbonyl (C=O) groups excluding carboxylic acids is 2. The van der Waals surface area contributed by atoms with Crippen LogP contribution in [0.3, 0.4) is 0 Å². The quantitative estimate of drug-likeness (QED) is 0.772. The van der Waals surface area contributed by atoms with Gasteiger partial charge in [0.15, 0.2) is 0 Å². The number of hydrogen-bond acceptors (Lipinski definition) is 3. The predicted octanol–water partition coefficient (Wildman–Crippen LogP) is 1.73. The highest BCUT2D eigenvalue weighted by molar-refractivity contribution is 6.06. The van der Waals surface area contributed by atoms with E-state index in [1.165, 1.54) is 17.8 Å². The molecule has 0 aliphatic rings. The third-order valence-corrected chi connectivity index (χ3v) is 2.96. The number of hydrogen-bond donors (Lipinski definition) is 2. The van der Waals surface area contributed by atoms with Crippen LogP contribution in [0.1, 0.15) is 46.7 Å². The minimum absolute atomic E-state index is 0.100. The Morgan fingerprint density at radius 3 is 2.50 bits per heavy atom. The molecular formula is C15H19N3O2. The molecule has 1 aromatic rings. The minimum Gasteiger partial charge on any atom is -0.366 e. The van der Waals surface area contributed by atoms with E-state index in [9.17, 15) is 9.59 Å². The van der Waals surface area contributed by atoms with Crippen LogP contribution in [0.5, 0.6) is 0 Å². The van der Waals surface area contributed by atoms with Crippen LogP contribution in [0, 0.1) is 0 Å². The Balaban J connectivity index is 3.10. The number of nitrogens with two attached hydrogens (primary N) is 2. The Labute approximate surface area is 118 Å². The number of carbonyl (C=O) groups is 2. The summed E-state index contributed by atoms with van der Waals surface area (Å²) in [5.74, 6) is -1.38. The molecule has 1 rings (SSSR count). The normalized spacial score (nSPS) is 11.8. The topological polar surface area (TPSA) is 99.1 Å². The third kappa shape index (κ3) is 3.78. The molecule has 5 nitrogen and oxygen atoms in total. The molecule has 0 radical (unpaired) electrons. The van der Waals surface area contributed by atoms with Crippen LogP contribution in [0.4, 0.5) is 0 Å². The molecule has 4 N–H and O–H groups in total. The summed E-state index contributed by atoms with van der Waals surface area (Å²) in [7, 11) is 0. The first-order chi connectivity index (χ1) is 9.51. The summed E-state index contributed by atoms with van der Waals surface area (Å²) in [6.45, 7) is 4.02. The highest BCUT2D eigenvalue weighted by atomic mass is 16.2. The first-order valence-corrected chi connectivity index (χ1v) is 6.40. The van der Waals surface area contributed by atoms with Crippen LogP contribution in [-0.4, -0.2) is 16.8 Å². The van der Waals surface area contributed by atoms with Crippen molar-refractivity contribution in [2.75, 3.05) is 0 Å². The SMILES string of the molecule is CC=C(C=CCc1nccc(C(N)=O)c1C(N)=O)CC. The van der Waals surface area contributed by atoms with Gasteiger partial charge in [0.1, 0.15) is 0 Å². The predicted molar refractivity (Wildman–Crippen MR) is 78.2 cm³/mol. The maximum absolute atomic E-state index is 11.5. The van der Waals surface area contributed by atoms with Gasteiger partial charge in [-0.2, -0.15) is 0 Å². The molecule has 0 aromatic carbocycles. The Hall–Kier alpha value is -2.43. The molecular weight excluding hydrogens is 254 g/mol. The van der Waals surface area contributed by atoms with Crippen molar-refractivity contribution >= 4 is 11.8 Å². The number of pyridine rings is 1. The largest absolute Gasteiger partial charge is 0.366 e. The van der Waals surface area contributed by atoms with E-state index in [-0.39, 0.29) is 11.1 Å². The van der Waals surface area contributed by atoms with Crippen LogP contribution >= 0.6 is 0 Å². The Morgan fingerprint density at radius 1 is 1.30 bits per heavy atom. The molecule has 0 fully saturated rings. The fourth-order valence-corrected chi connectivity index (χ4v) is 1.88. The summed E-state index contributed by atoms with van der Waals surface area (Å²) < 4.78 is 0. The molecule has 5 heteroatoms. The van der Waals surface area contributed by atoms with Gasteiger partial charge in [-0.05, 0) is 19.4 Å². The second kappa shape index (κ2) is 7.23. The van der Waals surface area contributed by atoms with E-state index < -0.39 is 11.8 Å². The zero-order valence-corrected chi connectivity index (χ0v) is 11.7. The lowest BCUT2D eigenvalue weighted by molar-refractivity contribution is 0.0966. The zero-order chi connectivity index (χ0) is 15.1. The number of allylic oxidation sites excluding steroid dienone is 4. The van der Waals surface area contributed by atoms with Crippen LogP contribution in [0.15, 0.2) is 36.1 Å². The molecule has 20 heavy (non-hydrogen) atoms. The lowest BCUT2D eigenvalue weighted by atomic mass is 10.0. The Bertz CT molecular complexity index is 574. The van der Waals surface area contributed by atoms with E-state index >= 15 is 0 Å². The van der Waals surface area contributed by atoms with Crippen molar-refractivity contribution in [1.82, 2.24) is 4.98 Å². The van der Waals surface area contributed by atoms with Crippen molar-refractivity contribution in [3.63, 3.8) is 0 Å². The van der Waals surface area contributed by atoms with Gasteiger partial charge in [0, 0.05) is 12.6 Å². The highest BCUT2D eigenvalue weighted by Crippen LogP contribution is 2.13. The fraction of sp³-hybridized carbons (Fsp3) is 0.267. The first kappa shape index (κ1) is 15.6. The molecule has 2 amide bonds. The fourth-order valence-electron chi connectivity index (χ4n) is 1.88. The number of aromatic nitrogens is 1. The van der Waals surface area contributed by atoms with Crippen molar-refractivity contribution in [1.29, 1.82) is 0 Å². The molecule has 0 unspecified atom stereocenters. The zero-order valence-electron chi connectivity index (χ0n) is 11.7. The van der Waals surface area contributed by atoms with Gasteiger partial charge in [-0.15, -0.1) is 0 Å². The molecule has 0 aliphatic heterocycles. The van der Waals surface area contributed by atoms with Crippen molar-refractivity contribution < 1.29 is 9.59 Å². The van der Waals surface area contributed by atoms with Crippen LogP contribution in [-0.2, 0) is 6.42 Å². The maximum atomic E-state index is 11.5. The second-order valence-electron chi connectivity index (χ2n) is 4.23. The summed E-state index contributed by atoms with van der Waals surface area (Å²) in [6.07, 6.45) is 8.65. The van der Waals surface area contributed by atoms with Crippen molar-refractivity contribution in [3.8, 4) is 0 Å². The van der Waals surface area contributed by atoms with E-state index in [0.717, 1.165) is 6.42 Å². The Kier molecular flexibility index (Phi) is 5.65. The highest BCUT2D eigenvalue weighted by Gasteiger charge is 2.17. The van der Waals surface area contributed by atoms with Gasteiger partial charge in [-0.1, -0.05) is 30.7 Å². The van der Waals surface area contributed by atoms with Gasteiger partial charge in [0.2, 0.25) is 5.91 Å². The van der Waals surface area contributed by atoms with E-state index in [4.69, 9.17) is 11.5 Å². The number of rotatable bonds is 6. The lowest BCUT2D eigenvalue weighted by Crippen LogP contribution is -2.23. The molecule has 0 aliphatic carbocycles. The summed E-state index contributed by atoms with van der Waals surface area (Å²) >= 11 is 0. The third-order valence-electron chi connectivity index (χ3n) is 2.96. The van der Waals surface area contributed by atoms with Crippen molar-refractivity contribution in [2.45, 2.75) is 26.7 Å². The summed E-state index contributed by atoms with van der Waals surface area (Å²) in [5.41, 5.74) is 12.4. The van der Waals surface area contributed by atoms with Crippen LogP contribution in [0.2, 0.25) is 0 Å². The van der Waals surface area contributed by atoms with E-state index in [1.54, 1.807) is 0 Å². The smallest absolute Gasteiger partial charge is 0.251 e. The number of nitrogens with zero attached hydrogens (tertiary/aromatic N) is 1. The minimum atomic E-state index is -0.697. The van der Waals surface area contributed by atoms with Crippen LogP contribution < -0.4 is 11.5 Å². The molecule has 0 atom stereocenters. The van der Waals surface area contributed by atoms with Gasteiger partial charge in [0.25, 0.3) is 5.91 Å². The Morgan fingerprint density at radius 2 is 2.00 bits per heavy atom. The first-order valence-electron chi connectivity index (χ1n) is 6.40. The van der Waals surface area contributed by atoms with E-state index in [2.05, 4.69) is 11.9 Å². The van der Waals surface area contributed by atoms with Gasteiger partial charge >= 0.3 is 0 Å². The average molecular weight is 273 g/mol. The summed E-state index contributed by atoms with van der Waals surface area (Å²) in [4.78, 5) is 26.9. The standard InChI is InChI=1S/C15H19N3O2/c1-3-10(4-2)6-5-7-12-13(15(17)20)11(14(16)19)8-9-18-12/h3,5-6,8-9H,4,7H2,1-2H3,(H2,16,19)(H2,17,20). The molecule has 0 bridgehead atoms. The van der Waals surface area contributed by atoms with E-state index in [1.807, 2.05) is 25.2 Å². The molecule has 106 valence electrons. The number of amides is 2. The van der Waals surface area contributed by atoms with Gasteiger partial charge in [0.05, 0.1) is 16.8 Å². The molecule has 1 heterocycles. The van der Waals surface area contributed by atoms with Gasteiger partial charge in [-0.25, -0.2) is 0 Å². The second-order valence-corrected chi connectivity index (χ2v) is 4.23. The maximum Gasteiger partial charge on any atom is 0.251 e. The summed E-state index contributed by atoms with van der Waals surface area (Å²) in [5, 5.41) is 0. The lowest BCUT2D eigenvalue weighted by Gasteiger charge is -2.07. The van der Waals surface area contributed by atoms with Gasteiger partial charge in [-0.3, -0.25) is 14.6 Å². The van der Waals surface area contributed by atoms with Gasteiger partial charge < -0.3 is 11.5 Å². The van der Waals surface area contributed by atoms with Crippen molar-refractivity contribution in [3.05, 3.63) is 52.9 Å². The molecule has 0 spiro atoms. The molecule has 1 aromatic heterocycles. The monoisotopic (exact) mass is 273 g/mol. The summed E-state index contributed by atoms with van der Waals surface area (Å²) in [6, 6.07) is 1.40. The molecule has 0 saturated carbocycles. The van der Waals surface area contributed by atoms with E-state index in [0.29, 0.717) is 12.1 Å². The number of primary amides is 2. The average Bonchev–Trinajstić information content (AvgIpc) is 2.43.